The molecular weight excluding hydrogens is 418 g/mol. The zero-order chi connectivity index (χ0) is 22.2. The lowest BCUT2D eigenvalue weighted by Crippen LogP contribution is -2.10. The van der Waals surface area contributed by atoms with Crippen LogP contribution in [0.3, 0.4) is 0 Å². The maximum Gasteiger partial charge on any atom is 0.0640 e. The second-order valence-corrected chi connectivity index (χ2v) is 9.39. The Morgan fingerprint density at radius 3 is 1.88 bits per heavy atom. The second kappa shape index (κ2) is 8.23. The molecule has 0 saturated heterocycles. The Hall–Kier alpha value is -3.88. The topological polar surface area (TPSA) is 3.24 Å². The largest absolute Gasteiger partial charge is 0.309 e. The lowest BCUT2D eigenvalue weighted by atomic mass is 10.0. The SMILES string of the molecule is Cc1ccc(N(c2ccc(-c3ccccc3)cc2)c2cccc3c2sc2ccccc23)cc1. The highest BCUT2D eigenvalue weighted by atomic mass is 32.1. The van der Waals surface area contributed by atoms with Crippen LogP contribution < -0.4 is 4.90 Å². The van der Waals surface area contributed by atoms with E-state index in [9.17, 15) is 0 Å². The first-order valence-electron chi connectivity index (χ1n) is 11.2. The molecule has 0 spiro atoms. The van der Waals surface area contributed by atoms with Gasteiger partial charge in [0, 0.05) is 26.8 Å². The Bertz CT molecular complexity index is 1540. The van der Waals surface area contributed by atoms with E-state index in [-0.39, 0.29) is 0 Å². The summed E-state index contributed by atoms with van der Waals surface area (Å²) in [4.78, 5) is 2.38. The van der Waals surface area contributed by atoms with Crippen LogP contribution in [0.2, 0.25) is 0 Å². The van der Waals surface area contributed by atoms with Gasteiger partial charge in [0.05, 0.1) is 10.4 Å². The molecular formula is C31H23NS. The average molecular weight is 442 g/mol. The summed E-state index contributed by atoms with van der Waals surface area (Å²) in [6.45, 7) is 2.13. The maximum absolute atomic E-state index is 2.38. The standard InChI is InChI=1S/C31H23NS/c1-22-14-18-25(19-15-22)32(26-20-16-24(17-21-26)23-8-3-2-4-9-23)29-12-7-11-28-27-10-5-6-13-30(27)33-31(28)29/h2-21H,1H3. The van der Waals surface area contributed by atoms with Crippen molar-refractivity contribution < 1.29 is 0 Å². The van der Waals surface area contributed by atoms with Gasteiger partial charge in [-0.05, 0) is 54.4 Å². The minimum absolute atomic E-state index is 1.16. The fourth-order valence-electron chi connectivity index (χ4n) is 4.46. The predicted octanol–water partition coefficient (Wildman–Crippen LogP) is 9.50. The van der Waals surface area contributed by atoms with E-state index in [2.05, 4.69) is 133 Å². The fraction of sp³-hybridized carbons (Fsp3) is 0.0323. The molecule has 6 rings (SSSR count). The molecule has 158 valence electrons. The lowest BCUT2D eigenvalue weighted by Gasteiger charge is -2.26. The van der Waals surface area contributed by atoms with Gasteiger partial charge in [-0.3, -0.25) is 0 Å². The maximum atomic E-state index is 2.38. The van der Waals surface area contributed by atoms with Crippen molar-refractivity contribution in [1.82, 2.24) is 0 Å². The highest BCUT2D eigenvalue weighted by Gasteiger charge is 2.17. The zero-order valence-corrected chi connectivity index (χ0v) is 19.2. The van der Waals surface area contributed by atoms with Gasteiger partial charge >= 0.3 is 0 Å². The molecule has 0 fully saturated rings. The Morgan fingerprint density at radius 1 is 0.515 bits per heavy atom. The summed E-state index contributed by atoms with van der Waals surface area (Å²) < 4.78 is 2.63. The third-order valence-corrected chi connectivity index (χ3v) is 7.36. The van der Waals surface area contributed by atoms with Crippen molar-refractivity contribution in [2.45, 2.75) is 6.92 Å². The summed E-state index contributed by atoms with van der Waals surface area (Å²) in [6, 6.07) is 43.6. The number of thiophene rings is 1. The Labute approximate surface area is 198 Å². The third kappa shape index (κ3) is 3.59. The molecule has 2 heteroatoms. The van der Waals surface area contributed by atoms with E-state index < -0.39 is 0 Å². The van der Waals surface area contributed by atoms with Gasteiger partial charge in [-0.1, -0.05) is 90.5 Å². The van der Waals surface area contributed by atoms with Crippen LogP contribution in [0.25, 0.3) is 31.3 Å². The summed E-state index contributed by atoms with van der Waals surface area (Å²) in [7, 11) is 0. The van der Waals surface area contributed by atoms with Crippen molar-refractivity contribution in [3.05, 3.63) is 127 Å². The van der Waals surface area contributed by atoms with Crippen LogP contribution in [0.4, 0.5) is 17.1 Å². The third-order valence-electron chi connectivity index (χ3n) is 6.15. The van der Waals surface area contributed by atoms with Gasteiger partial charge in [0.2, 0.25) is 0 Å². The number of hydrogen-bond donors (Lipinski definition) is 0. The molecule has 1 heterocycles. The average Bonchev–Trinajstić information content (AvgIpc) is 3.26. The van der Waals surface area contributed by atoms with Crippen LogP contribution in [0.5, 0.6) is 0 Å². The summed E-state index contributed by atoms with van der Waals surface area (Å²) >= 11 is 1.87. The zero-order valence-electron chi connectivity index (χ0n) is 18.4. The minimum Gasteiger partial charge on any atom is -0.309 e. The van der Waals surface area contributed by atoms with Crippen LogP contribution in [-0.2, 0) is 0 Å². The molecule has 1 nitrogen and oxygen atoms in total. The number of hydrogen-bond acceptors (Lipinski definition) is 2. The predicted molar refractivity (Wildman–Crippen MR) is 144 cm³/mol. The van der Waals surface area contributed by atoms with E-state index in [1.54, 1.807) is 0 Å². The molecule has 0 unspecified atom stereocenters. The number of aryl methyl sites for hydroxylation is 1. The minimum atomic E-state index is 1.16. The number of nitrogens with zero attached hydrogens (tertiary/aromatic N) is 1. The summed E-state index contributed by atoms with van der Waals surface area (Å²) in [6.07, 6.45) is 0. The highest BCUT2D eigenvalue weighted by molar-refractivity contribution is 7.26. The van der Waals surface area contributed by atoms with Crippen molar-refractivity contribution in [2.24, 2.45) is 0 Å². The normalized spacial score (nSPS) is 11.2. The van der Waals surface area contributed by atoms with E-state index >= 15 is 0 Å². The lowest BCUT2D eigenvalue weighted by molar-refractivity contribution is 1.29. The molecule has 0 saturated carbocycles. The first kappa shape index (κ1) is 19.8. The van der Waals surface area contributed by atoms with Crippen LogP contribution in [-0.4, -0.2) is 0 Å². The van der Waals surface area contributed by atoms with Gasteiger partial charge in [-0.2, -0.15) is 0 Å². The first-order valence-corrected chi connectivity index (χ1v) is 12.0. The Balaban J connectivity index is 1.54. The number of fused-ring (bicyclic) bond motifs is 3. The molecule has 1 aromatic heterocycles. The molecule has 0 amide bonds. The van der Waals surface area contributed by atoms with Crippen molar-refractivity contribution >= 4 is 48.6 Å². The van der Waals surface area contributed by atoms with Crippen molar-refractivity contribution in [3.8, 4) is 11.1 Å². The van der Waals surface area contributed by atoms with Gasteiger partial charge in [0.1, 0.15) is 0 Å². The van der Waals surface area contributed by atoms with E-state index in [1.807, 2.05) is 11.3 Å². The van der Waals surface area contributed by atoms with Crippen LogP contribution in [0.1, 0.15) is 5.56 Å². The molecule has 0 aliphatic heterocycles. The molecule has 6 aromatic rings. The monoisotopic (exact) mass is 441 g/mol. The second-order valence-electron chi connectivity index (χ2n) is 8.34. The molecule has 0 aliphatic rings. The van der Waals surface area contributed by atoms with Crippen LogP contribution >= 0.6 is 11.3 Å². The molecule has 0 radical (unpaired) electrons. The molecule has 0 bridgehead atoms. The summed E-state index contributed by atoms with van der Waals surface area (Å²) in [5.41, 5.74) is 7.26. The Kier molecular flexibility index (Phi) is 4.93. The van der Waals surface area contributed by atoms with Gasteiger partial charge in [-0.25, -0.2) is 0 Å². The van der Waals surface area contributed by atoms with Crippen molar-refractivity contribution in [2.75, 3.05) is 4.90 Å². The van der Waals surface area contributed by atoms with E-state index in [1.165, 1.54) is 42.6 Å². The number of benzene rings is 5. The molecule has 0 atom stereocenters. The van der Waals surface area contributed by atoms with Gasteiger partial charge < -0.3 is 4.90 Å². The number of anilines is 3. The van der Waals surface area contributed by atoms with E-state index in [0.29, 0.717) is 0 Å². The molecule has 33 heavy (non-hydrogen) atoms. The van der Waals surface area contributed by atoms with E-state index in [4.69, 9.17) is 0 Å². The first-order chi connectivity index (χ1) is 16.3. The van der Waals surface area contributed by atoms with Crippen LogP contribution in [0, 0.1) is 6.92 Å². The Morgan fingerprint density at radius 2 is 1.12 bits per heavy atom. The van der Waals surface area contributed by atoms with E-state index in [0.717, 1.165) is 11.4 Å². The smallest absolute Gasteiger partial charge is 0.0640 e. The highest BCUT2D eigenvalue weighted by Crippen LogP contribution is 2.44. The molecule has 5 aromatic carbocycles. The number of rotatable bonds is 4. The van der Waals surface area contributed by atoms with Gasteiger partial charge in [-0.15, -0.1) is 11.3 Å². The molecule has 0 aliphatic carbocycles. The fourth-order valence-corrected chi connectivity index (χ4v) is 5.67. The van der Waals surface area contributed by atoms with Crippen molar-refractivity contribution in [3.63, 3.8) is 0 Å². The summed E-state index contributed by atoms with van der Waals surface area (Å²) in [5, 5.41) is 2.63. The van der Waals surface area contributed by atoms with Gasteiger partial charge in [0.15, 0.2) is 0 Å². The van der Waals surface area contributed by atoms with Crippen molar-refractivity contribution in [1.29, 1.82) is 0 Å². The quantitative estimate of drug-likeness (QED) is 0.263. The molecule has 0 N–H and O–H groups in total. The summed E-state index contributed by atoms with van der Waals surface area (Å²) in [5.74, 6) is 0. The van der Waals surface area contributed by atoms with Crippen LogP contribution in [0.15, 0.2) is 121 Å². The van der Waals surface area contributed by atoms with Gasteiger partial charge in [0.25, 0.3) is 0 Å².